The van der Waals surface area contributed by atoms with Gasteiger partial charge in [-0.3, -0.25) is 0 Å². The van der Waals surface area contributed by atoms with E-state index in [1.165, 1.54) is 11.1 Å². The standard InChI is InChI=1S/C29H38N4O/c1-23(2)22-34-28-21-25(11-12-26(28)27-9-6-10-29(30)31-27)14-16-33-19-17-32(18-20-33)15-13-24-7-4-3-5-8-24/h3-12,21,23H,13-20,22H2,1-2H3,(H2,30,31). The third-order valence-electron chi connectivity index (χ3n) is 6.41. The van der Waals surface area contributed by atoms with Gasteiger partial charge in [-0.2, -0.15) is 0 Å². The zero-order valence-electron chi connectivity index (χ0n) is 20.6. The molecule has 2 aromatic carbocycles. The molecular weight excluding hydrogens is 420 g/mol. The zero-order valence-corrected chi connectivity index (χ0v) is 20.6. The van der Waals surface area contributed by atoms with Crippen molar-refractivity contribution in [1.29, 1.82) is 0 Å². The lowest BCUT2D eigenvalue weighted by Gasteiger charge is -2.34. The van der Waals surface area contributed by atoms with E-state index in [2.05, 4.69) is 77.2 Å². The molecule has 0 atom stereocenters. The summed E-state index contributed by atoms with van der Waals surface area (Å²) >= 11 is 0. The maximum atomic E-state index is 6.20. The molecule has 0 bridgehead atoms. The Morgan fingerprint density at radius 3 is 2.15 bits per heavy atom. The second-order valence-corrected chi connectivity index (χ2v) is 9.65. The molecule has 1 aliphatic rings. The number of piperazine rings is 1. The van der Waals surface area contributed by atoms with Crippen LogP contribution in [-0.4, -0.2) is 60.7 Å². The topological polar surface area (TPSA) is 54.6 Å². The first kappa shape index (κ1) is 24.2. The molecule has 2 N–H and O–H groups in total. The summed E-state index contributed by atoms with van der Waals surface area (Å²) in [7, 11) is 0. The summed E-state index contributed by atoms with van der Waals surface area (Å²) in [6.45, 7) is 11.8. The number of rotatable bonds is 10. The maximum absolute atomic E-state index is 6.20. The van der Waals surface area contributed by atoms with E-state index in [-0.39, 0.29) is 0 Å². The van der Waals surface area contributed by atoms with Gasteiger partial charge in [-0.1, -0.05) is 56.3 Å². The van der Waals surface area contributed by atoms with Crippen LogP contribution in [0.25, 0.3) is 11.3 Å². The fraction of sp³-hybridized carbons (Fsp3) is 0.414. The van der Waals surface area contributed by atoms with Crippen molar-refractivity contribution in [1.82, 2.24) is 14.8 Å². The minimum absolute atomic E-state index is 0.462. The Kier molecular flexibility index (Phi) is 8.56. The molecule has 1 saturated heterocycles. The molecule has 0 unspecified atom stereocenters. The number of hydrogen-bond acceptors (Lipinski definition) is 5. The molecule has 1 aliphatic heterocycles. The van der Waals surface area contributed by atoms with E-state index < -0.39 is 0 Å². The summed E-state index contributed by atoms with van der Waals surface area (Å²) < 4.78 is 6.20. The highest BCUT2D eigenvalue weighted by atomic mass is 16.5. The Bertz CT molecular complexity index is 1030. The normalized spacial score (nSPS) is 15.0. The van der Waals surface area contributed by atoms with Gasteiger partial charge in [0.15, 0.2) is 0 Å². The van der Waals surface area contributed by atoms with Crippen LogP contribution < -0.4 is 10.5 Å². The molecule has 5 heteroatoms. The summed E-state index contributed by atoms with van der Waals surface area (Å²) in [6.07, 6.45) is 2.15. The second kappa shape index (κ2) is 12.0. The molecule has 3 aromatic rings. The van der Waals surface area contributed by atoms with Gasteiger partial charge in [-0.05, 0) is 54.2 Å². The summed E-state index contributed by atoms with van der Waals surface area (Å²) in [5, 5.41) is 0. The lowest BCUT2D eigenvalue weighted by Crippen LogP contribution is -2.47. The molecule has 0 spiro atoms. The molecule has 0 saturated carbocycles. The third-order valence-corrected chi connectivity index (χ3v) is 6.41. The number of hydrogen-bond donors (Lipinski definition) is 1. The number of pyridine rings is 1. The second-order valence-electron chi connectivity index (χ2n) is 9.65. The summed E-state index contributed by atoms with van der Waals surface area (Å²) in [5.41, 5.74) is 10.5. The van der Waals surface area contributed by atoms with Gasteiger partial charge in [0.1, 0.15) is 11.6 Å². The highest BCUT2D eigenvalue weighted by Crippen LogP contribution is 2.31. The van der Waals surface area contributed by atoms with Crippen molar-refractivity contribution in [3.8, 4) is 17.0 Å². The van der Waals surface area contributed by atoms with Crippen molar-refractivity contribution in [2.24, 2.45) is 5.92 Å². The van der Waals surface area contributed by atoms with Gasteiger partial charge in [0, 0.05) is 44.8 Å². The number of aromatic nitrogens is 1. The van der Waals surface area contributed by atoms with Crippen molar-refractivity contribution in [3.05, 3.63) is 77.9 Å². The Hall–Kier alpha value is -2.89. The minimum Gasteiger partial charge on any atom is -0.493 e. The van der Waals surface area contributed by atoms with Gasteiger partial charge >= 0.3 is 0 Å². The van der Waals surface area contributed by atoms with Crippen molar-refractivity contribution in [3.63, 3.8) is 0 Å². The zero-order chi connectivity index (χ0) is 23.8. The maximum Gasteiger partial charge on any atom is 0.128 e. The van der Waals surface area contributed by atoms with Crippen LogP contribution in [0.15, 0.2) is 66.7 Å². The molecule has 0 radical (unpaired) electrons. The van der Waals surface area contributed by atoms with Gasteiger partial charge < -0.3 is 20.3 Å². The highest BCUT2D eigenvalue weighted by molar-refractivity contribution is 5.68. The minimum atomic E-state index is 0.462. The monoisotopic (exact) mass is 458 g/mol. The molecule has 1 aromatic heterocycles. The Labute approximate surface area is 204 Å². The average Bonchev–Trinajstić information content (AvgIpc) is 2.86. The van der Waals surface area contributed by atoms with Crippen LogP contribution in [0.4, 0.5) is 5.82 Å². The van der Waals surface area contributed by atoms with Crippen LogP contribution in [0.5, 0.6) is 5.75 Å². The Morgan fingerprint density at radius 2 is 1.50 bits per heavy atom. The first-order valence-corrected chi connectivity index (χ1v) is 12.5. The molecule has 2 heterocycles. The quantitative estimate of drug-likeness (QED) is 0.474. The number of benzene rings is 2. The van der Waals surface area contributed by atoms with Crippen LogP contribution >= 0.6 is 0 Å². The number of nitrogens with two attached hydrogens (primary N) is 1. The summed E-state index contributed by atoms with van der Waals surface area (Å²) in [4.78, 5) is 9.68. The van der Waals surface area contributed by atoms with E-state index in [1.54, 1.807) is 0 Å². The van der Waals surface area contributed by atoms with E-state index in [4.69, 9.17) is 10.5 Å². The number of nitrogen functional groups attached to an aromatic ring is 1. The molecule has 4 rings (SSSR count). The van der Waals surface area contributed by atoms with Crippen molar-refractivity contribution in [2.75, 3.05) is 51.6 Å². The van der Waals surface area contributed by atoms with Crippen LogP contribution in [0.2, 0.25) is 0 Å². The number of ether oxygens (including phenoxy) is 1. The molecule has 34 heavy (non-hydrogen) atoms. The third kappa shape index (κ3) is 7.05. The van der Waals surface area contributed by atoms with Crippen LogP contribution in [0.3, 0.4) is 0 Å². The smallest absolute Gasteiger partial charge is 0.128 e. The first-order chi connectivity index (χ1) is 16.6. The molecule has 1 fully saturated rings. The lowest BCUT2D eigenvalue weighted by atomic mass is 10.0. The van der Waals surface area contributed by atoms with Gasteiger partial charge in [-0.15, -0.1) is 0 Å². The predicted molar refractivity (Wildman–Crippen MR) is 141 cm³/mol. The lowest BCUT2D eigenvalue weighted by molar-refractivity contribution is 0.134. The van der Waals surface area contributed by atoms with Crippen LogP contribution in [0, 0.1) is 5.92 Å². The predicted octanol–water partition coefficient (Wildman–Crippen LogP) is 4.77. The largest absolute Gasteiger partial charge is 0.493 e. The van der Waals surface area contributed by atoms with E-state index in [1.807, 2.05) is 18.2 Å². The summed E-state index contributed by atoms with van der Waals surface area (Å²) in [6, 6.07) is 23.1. The van der Waals surface area contributed by atoms with E-state index in [0.717, 1.165) is 69.1 Å². The van der Waals surface area contributed by atoms with E-state index in [0.29, 0.717) is 18.3 Å². The van der Waals surface area contributed by atoms with Gasteiger partial charge in [-0.25, -0.2) is 4.98 Å². The SMILES string of the molecule is CC(C)COc1cc(CCN2CCN(CCc3ccccc3)CC2)ccc1-c1cccc(N)n1. The fourth-order valence-corrected chi connectivity index (χ4v) is 4.37. The number of nitrogens with zero attached hydrogens (tertiary/aromatic N) is 3. The van der Waals surface area contributed by atoms with Crippen LogP contribution in [0.1, 0.15) is 25.0 Å². The van der Waals surface area contributed by atoms with Crippen LogP contribution in [-0.2, 0) is 12.8 Å². The van der Waals surface area contributed by atoms with Crippen molar-refractivity contribution >= 4 is 5.82 Å². The Morgan fingerprint density at radius 1 is 0.824 bits per heavy atom. The van der Waals surface area contributed by atoms with Crippen molar-refractivity contribution in [2.45, 2.75) is 26.7 Å². The fourth-order valence-electron chi connectivity index (χ4n) is 4.37. The first-order valence-electron chi connectivity index (χ1n) is 12.5. The molecule has 5 nitrogen and oxygen atoms in total. The van der Waals surface area contributed by atoms with Gasteiger partial charge in [0.25, 0.3) is 0 Å². The molecular formula is C29H38N4O. The average molecular weight is 459 g/mol. The van der Waals surface area contributed by atoms with Crippen molar-refractivity contribution < 1.29 is 4.74 Å². The molecule has 180 valence electrons. The number of anilines is 1. The highest BCUT2D eigenvalue weighted by Gasteiger charge is 2.17. The van der Waals surface area contributed by atoms with E-state index >= 15 is 0 Å². The Balaban J connectivity index is 1.31. The molecule has 0 amide bonds. The summed E-state index contributed by atoms with van der Waals surface area (Å²) in [5.74, 6) is 1.89. The van der Waals surface area contributed by atoms with E-state index in [9.17, 15) is 0 Å². The molecule has 0 aliphatic carbocycles. The van der Waals surface area contributed by atoms with Gasteiger partial charge in [0.05, 0.1) is 12.3 Å². The van der Waals surface area contributed by atoms with Gasteiger partial charge in [0.2, 0.25) is 0 Å².